The highest BCUT2D eigenvalue weighted by Gasteiger charge is 2.36. The first-order valence-corrected chi connectivity index (χ1v) is 11.8. The van der Waals surface area contributed by atoms with E-state index in [2.05, 4.69) is 43.4 Å². The van der Waals surface area contributed by atoms with Gasteiger partial charge in [0.05, 0.1) is 0 Å². The first-order valence-electron chi connectivity index (χ1n) is 10.1. The molecule has 2 N–H and O–H groups in total. The van der Waals surface area contributed by atoms with Crippen molar-refractivity contribution in [3.8, 4) is 11.1 Å². The molecule has 0 aromatic heterocycles. The Morgan fingerprint density at radius 2 is 1.63 bits per heavy atom. The molecular formula is C25H27Cl2NOS. The third-order valence-electron chi connectivity index (χ3n) is 5.24. The summed E-state index contributed by atoms with van der Waals surface area (Å²) in [6, 6.07) is 24.0. The third kappa shape index (κ3) is 5.60. The van der Waals surface area contributed by atoms with E-state index in [1.165, 1.54) is 11.8 Å². The van der Waals surface area contributed by atoms with E-state index in [-0.39, 0.29) is 5.92 Å². The second kappa shape index (κ2) is 10.7. The zero-order valence-electron chi connectivity index (χ0n) is 17.2. The fourth-order valence-corrected chi connectivity index (χ4v) is 5.22. The lowest BCUT2D eigenvalue weighted by Gasteiger charge is -2.34. The van der Waals surface area contributed by atoms with Gasteiger partial charge in [-0.15, -0.1) is 11.8 Å². The molecule has 0 spiro atoms. The monoisotopic (exact) mass is 459 g/mol. The van der Waals surface area contributed by atoms with Gasteiger partial charge >= 0.3 is 0 Å². The van der Waals surface area contributed by atoms with Crippen LogP contribution in [0, 0.1) is 5.92 Å². The van der Waals surface area contributed by atoms with Crippen LogP contribution in [0.3, 0.4) is 0 Å². The van der Waals surface area contributed by atoms with Gasteiger partial charge in [-0.05, 0) is 40.9 Å². The number of benzene rings is 3. The molecule has 0 amide bonds. The standard InChI is InChI=1S/C25H27Cl2NOS/c1-3-28-16-18(2)25(29,30-17-21-11-14-23(26)15-24(21)27)22-12-9-20(10-13-22)19-7-5-4-6-8-19/h4-15,18,28-29H,3,16-17H2,1-2H3. The highest BCUT2D eigenvalue weighted by molar-refractivity contribution is 7.99. The van der Waals surface area contributed by atoms with Crippen molar-refractivity contribution < 1.29 is 5.11 Å². The van der Waals surface area contributed by atoms with Gasteiger partial charge in [-0.1, -0.05) is 97.7 Å². The predicted octanol–water partition coefficient (Wildman–Crippen LogP) is 6.98. The van der Waals surface area contributed by atoms with E-state index in [1.807, 2.05) is 42.5 Å². The van der Waals surface area contributed by atoms with Gasteiger partial charge in [0.25, 0.3) is 0 Å². The van der Waals surface area contributed by atoms with Crippen molar-refractivity contribution in [2.45, 2.75) is 24.5 Å². The van der Waals surface area contributed by atoms with Crippen LogP contribution in [0.2, 0.25) is 10.0 Å². The van der Waals surface area contributed by atoms with Gasteiger partial charge in [0, 0.05) is 28.3 Å². The Morgan fingerprint density at radius 1 is 0.967 bits per heavy atom. The average Bonchev–Trinajstić information content (AvgIpc) is 2.77. The normalized spacial score (nSPS) is 14.3. The molecule has 0 aliphatic heterocycles. The molecule has 5 heteroatoms. The number of hydrogen-bond donors (Lipinski definition) is 2. The molecule has 0 aliphatic rings. The summed E-state index contributed by atoms with van der Waals surface area (Å²) in [5.41, 5.74) is 4.14. The number of rotatable bonds is 9. The van der Waals surface area contributed by atoms with Crippen LogP contribution in [0.4, 0.5) is 0 Å². The van der Waals surface area contributed by atoms with E-state index in [0.29, 0.717) is 15.8 Å². The van der Waals surface area contributed by atoms with Crippen LogP contribution < -0.4 is 5.32 Å². The third-order valence-corrected chi connectivity index (χ3v) is 7.36. The summed E-state index contributed by atoms with van der Waals surface area (Å²) in [6.07, 6.45) is 0. The first-order chi connectivity index (χ1) is 14.4. The molecule has 30 heavy (non-hydrogen) atoms. The van der Waals surface area contributed by atoms with Gasteiger partial charge in [0.1, 0.15) is 4.93 Å². The summed E-state index contributed by atoms with van der Waals surface area (Å²) in [6.45, 7) is 5.72. The molecule has 158 valence electrons. The van der Waals surface area contributed by atoms with Crippen LogP contribution in [0.15, 0.2) is 72.8 Å². The Kier molecular flexibility index (Phi) is 8.27. The second-order valence-corrected chi connectivity index (χ2v) is 9.42. The Labute approximate surface area is 193 Å². The topological polar surface area (TPSA) is 32.3 Å². The van der Waals surface area contributed by atoms with Gasteiger partial charge in [0.2, 0.25) is 0 Å². The van der Waals surface area contributed by atoms with Crippen LogP contribution in [0.1, 0.15) is 25.0 Å². The highest BCUT2D eigenvalue weighted by Crippen LogP contribution is 2.43. The van der Waals surface area contributed by atoms with E-state index >= 15 is 0 Å². The van der Waals surface area contributed by atoms with Gasteiger partial charge < -0.3 is 10.4 Å². The maximum absolute atomic E-state index is 11.8. The van der Waals surface area contributed by atoms with E-state index in [1.54, 1.807) is 6.07 Å². The number of hydrogen-bond acceptors (Lipinski definition) is 3. The first kappa shape index (κ1) is 23.2. The van der Waals surface area contributed by atoms with Crippen molar-refractivity contribution in [3.05, 3.63) is 94.0 Å². The molecule has 3 aromatic rings. The molecule has 0 fully saturated rings. The zero-order chi connectivity index (χ0) is 21.6. The number of halogens is 2. The van der Waals surface area contributed by atoms with Gasteiger partial charge in [-0.25, -0.2) is 0 Å². The maximum atomic E-state index is 11.8. The fourth-order valence-electron chi connectivity index (χ4n) is 3.37. The number of thioether (sulfide) groups is 1. The highest BCUT2D eigenvalue weighted by atomic mass is 35.5. The minimum atomic E-state index is -1.06. The van der Waals surface area contributed by atoms with E-state index in [9.17, 15) is 5.11 Å². The van der Waals surface area contributed by atoms with E-state index < -0.39 is 4.93 Å². The summed E-state index contributed by atoms with van der Waals surface area (Å²) in [5.74, 6) is 0.583. The van der Waals surface area contributed by atoms with E-state index in [4.69, 9.17) is 23.2 Å². The SMILES string of the molecule is CCNCC(C)C(O)(SCc1ccc(Cl)cc1Cl)c1ccc(-c2ccccc2)cc1. The van der Waals surface area contributed by atoms with Crippen molar-refractivity contribution in [1.82, 2.24) is 5.32 Å². The molecule has 0 saturated heterocycles. The predicted molar refractivity (Wildman–Crippen MR) is 131 cm³/mol. The van der Waals surface area contributed by atoms with Crippen LogP contribution in [-0.4, -0.2) is 18.2 Å². The van der Waals surface area contributed by atoms with Crippen LogP contribution >= 0.6 is 35.0 Å². The van der Waals surface area contributed by atoms with Gasteiger partial charge in [0.15, 0.2) is 0 Å². The largest absolute Gasteiger partial charge is 0.375 e. The number of nitrogens with one attached hydrogen (secondary N) is 1. The maximum Gasteiger partial charge on any atom is 0.140 e. The van der Waals surface area contributed by atoms with Crippen molar-refractivity contribution >= 4 is 35.0 Å². The Balaban J connectivity index is 1.87. The lowest BCUT2D eigenvalue weighted by molar-refractivity contribution is 0.0777. The minimum Gasteiger partial charge on any atom is -0.375 e. The molecule has 0 aliphatic carbocycles. The molecule has 0 saturated carbocycles. The van der Waals surface area contributed by atoms with Gasteiger partial charge in [-0.2, -0.15) is 0 Å². The van der Waals surface area contributed by atoms with Crippen LogP contribution in [0.5, 0.6) is 0 Å². The molecule has 2 atom stereocenters. The summed E-state index contributed by atoms with van der Waals surface area (Å²) < 4.78 is 0. The second-order valence-electron chi connectivity index (χ2n) is 7.37. The van der Waals surface area contributed by atoms with Gasteiger partial charge in [-0.3, -0.25) is 0 Å². The Bertz CT molecular complexity index is 949. The number of aliphatic hydroxyl groups is 1. The summed E-state index contributed by atoms with van der Waals surface area (Å²) in [5, 5.41) is 16.4. The summed E-state index contributed by atoms with van der Waals surface area (Å²) in [7, 11) is 0. The van der Waals surface area contributed by atoms with Crippen molar-refractivity contribution in [2.24, 2.45) is 5.92 Å². The average molecular weight is 460 g/mol. The fraction of sp³-hybridized carbons (Fsp3) is 0.280. The molecule has 0 radical (unpaired) electrons. The lowest BCUT2D eigenvalue weighted by Crippen LogP contribution is -2.37. The quantitative estimate of drug-likeness (QED) is 0.338. The molecule has 0 bridgehead atoms. The summed E-state index contributed by atoms with van der Waals surface area (Å²) >= 11 is 13.9. The van der Waals surface area contributed by atoms with Crippen LogP contribution in [0.25, 0.3) is 11.1 Å². The molecular weight excluding hydrogens is 433 g/mol. The lowest BCUT2D eigenvalue weighted by atomic mass is 9.94. The molecule has 2 unspecified atom stereocenters. The molecule has 2 nitrogen and oxygen atoms in total. The molecule has 3 rings (SSSR count). The smallest absolute Gasteiger partial charge is 0.140 e. The van der Waals surface area contributed by atoms with Crippen molar-refractivity contribution in [2.75, 3.05) is 13.1 Å². The zero-order valence-corrected chi connectivity index (χ0v) is 19.6. The van der Waals surface area contributed by atoms with Crippen LogP contribution in [-0.2, 0) is 10.7 Å². The van der Waals surface area contributed by atoms with Crippen molar-refractivity contribution in [1.29, 1.82) is 0 Å². The summed E-state index contributed by atoms with van der Waals surface area (Å²) in [4.78, 5) is -1.06. The molecule has 0 heterocycles. The van der Waals surface area contributed by atoms with E-state index in [0.717, 1.165) is 35.3 Å². The van der Waals surface area contributed by atoms with Crippen molar-refractivity contribution in [3.63, 3.8) is 0 Å². The minimum absolute atomic E-state index is 0.00361. The Hall–Kier alpha value is -1.49. The molecule has 3 aromatic carbocycles. The Morgan fingerprint density at radius 3 is 2.27 bits per heavy atom.